The molecular weight excluding hydrogens is 334 g/mol. The van der Waals surface area contributed by atoms with Gasteiger partial charge in [-0.3, -0.25) is 4.79 Å². The molecule has 2 rings (SSSR count). The maximum atomic E-state index is 12.0. The molecule has 3 N–H and O–H groups in total. The fraction of sp³-hybridized carbons (Fsp3) is 0.375. The van der Waals surface area contributed by atoms with Crippen LogP contribution in [0.4, 0.5) is 0 Å². The zero-order chi connectivity index (χ0) is 15.9. The lowest BCUT2D eigenvalue weighted by molar-refractivity contribution is 0.0948. The second-order valence-electron chi connectivity index (χ2n) is 5.05. The molecule has 1 aromatic heterocycles. The summed E-state index contributed by atoms with van der Waals surface area (Å²) in [4.78, 5) is 16.1. The number of ether oxygens (including phenoxy) is 1. The van der Waals surface area contributed by atoms with Gasteiger partial charge in [-0.15, -0.1) is 23.7 Å². The topological polar surface area (TPSA) is 77.2 Å². The van der Waals surface area contributed by atoms with Crippen LogP contribution in [0.1, 0.15) is 40.3 Å². The summed E-state index contributed by atoms with van der Waals surface area (Å²) in [5.74, 6) is 1.07. The highest BCUT2D eigenvalue weighted by atomic mass is 35.5. The van der Waals surface area contributed by atoms with Gasteiger partial charge in [-0.2, -0.15) is 0 Å². The van der Waals surface area contributed by atoms with Crippen LogP contribution in [0.5, 0.6) is 5.75 Å². The zero-order valence-electron chi connectivity index (χ0n) is 13.2. The van der Waals surface area contributed by atoms with E-state index in [-0.39, 0.29) is 18.3 Å². The van der Waals surface area contributed by atoms with Crippen LogP contribution in [-0.4, -0.2) is 24.5 Å². The van der Waals surface area contributed by atoms with Gasteiger partial charge in [0.05, 0.1) is 7.11 Å². The molecule has 0 aliphatic carbocycles. The third-order valence-electron chi connectivity index (χ3n) is 3.51. The Labute approximate surface area is 146 Å². The Morgan fingerprint density at radius 3 is 2.65 bits per heavy atom. The van der Waals surface area contributed by atoms with Gasteiger partial charge in [0.25, 0.3) is 5.91 Å². The summed E-state index contributed by atoms with van der Waals surface area (Å²) in [6.45, 7) is 3.12. The van der Waals surface area contributed by atoms with Gasteiger partial charge in [0.1, 0.15) is 16.5 Å². The van der Waals surface area contributed by atoms with Crippen LogP contribution >= 0.6 is 23.7 Å². The molecule has 0 bridgehead atoms. The number of nitrogens with zero attached hydrogens (tertiary/aromatic N) is 1. The molecule has 126 valence electrons. The molecule has 0 aliphatic rings. The van der Waals surface area contributed by atoms with Crippen molar-refractivity contribution in [2.45, 2.75) is 25.8 Å². The van der Waals surface area contributed by atoms with Crippen molar-refractivity contribution >= 4 is 29.7 Å². The third kappa shape index (κ3) is 5.49. The van der Waals surface area contributed by atoms with Crippen LogP contribution in [0, 0.1) is 0 Å². The van der Waals surface area contributed by atoms with Crippen molar-refractivity contribution in [3.63, 3.8) is 0 Å². The van der Waals surface area contributed by atoms with Gasteiger partial charge in [0.2, 0.25) is 0 Å². The number of amides is 1. The van der Waals surface area contributed by atoms with Gasteiger partial charge in [-0.1, -0.05) is 19.1 Å². The molecule has 1 atom stereocenters. The van der Waals surface area contributed by atoms with Gasteiger partial charge < -0.3 is 15.8 Å². The predicted octanol–water partition coefficient (Wildman–Crippen LogP) is 2.96. The summed E-state index contributed by atoms with van der Waals surface area (Å²) < 4.78 is 5.15. The van der Waals surface area contributed by atoms with E-state index in [1.54, 1.807) is 12.5 Å². The Bertz CT molecular complexity index is 616. The Balaban J connectivity index is 0.00000264. The maximum absolute atomic E-state index is 12.0. The first-order valence-electron chi connectivity index (χ1n) is 7.20. The number of hydrogen-bond donors (Lipinski definition) is 2. The first-order chi connectivity index (χ1) is 10.6. The molecule has 0 spiro atoms. The fourth-order valence-corrected chi connectivity index (χ4v) is 2.76. The van der Waals surface area contributed by atoms with Gasteiger partial charge in [-0.05, 0) is 30.0 Å². The summed E-state index contributed by atoms with van der Waals surface area (Å²) in [7, 11) is 1.66. The van der Waals surface area contributed by atoms with Crippen LogP contribution in [-0.2, 0) is 6.54 Å². The normalized spacial score (nSPS) is 11.4. The van der Waals surface area contributed by atoms with Crippen LogP contribution < -0.4 is 15.8 Å². The van der Waals surface area contributed by atoms with Gasteiger partial charge in [-0.25, -0.2) is 4.98 Å². The second-order valence-corrected chi connectivity index (χ2v) is 5.99. The molecule has 1 aromatic carbocycles. The molecule has 5 nitrogen and oxygen atoms in total. The van der Waals surface area contributed by atoms with Crippen molar-refractivity contribution < 1.29 is 9.53 Å². The number of benzene rings is 1. The van der Waals surface area contributed by atoms with Crippen molar-refractivity contribution in [3.05, 3.63) is 45.9 Å². The highest BCUT2D eigenvalue weighted by molar-refractivity contribution is 7.09. The monoisotopic (exact) mass is 355 g/mol. The summed E-state index contributed by atoms with van der Waals surface area (Å²) in [5.41, 5.74) is 7.17. The molecule has 0 radical (unpaired) electrons. The van der Waals surface area contributed by atoms with Crippen LogP contribution in [0.3, 0.4) is 0 Å². The van der Waals surface area contributed by atoms with Crippen LogP contribution in [0.25, 0.3) is 0 Å². The number of thiazole rings is 1. The molecular formula is C16H22ClN3O2S. The average molecular weight is 356 g/mol. The second kappa shape index (κ2) is 9.50. The minimum Gasteiger partial charge on any atom is -0.497 e. The third-order valence-corrected chi connectivity index (χ3v) is 4.38. The van der Waals surface area contributed by atoms with Crippen LogP contribution in [0.15, 0.2) is 29.6 Å². The molecule has 1 amide bonds. The average Bonchev–Trinajstić information content (AvgIpc) is 3.04. The molecule has 23 heavy (non-hydrogen) atoms. The Kier molecular flexibility index (Phi) is 8.02. The number of methoxy groups -OCH3 is 1. The van der Waals surface area contributed by atoms with E-state index in [1.807, 2.05) is 12.1 Å². The van der Waals surface area contributed by atoms with Crippen molar-refractivity contribution in [2.24, 2.45) is 5.73 Å². The number of halogens is 1. The van der Waals surface area contributed by atoms with Crippen molar-refractivity contribution in [1.82, 2.24) is 10.3 Å². The van der Waals surface area contributed by atoms with Crippen molar-refractivity contribution in [2.75, 3.05) is 13.7 Å². The Morgan fingerprint density at radius 2 is 2.09 bits per heavy atom. The molecule has 0 saturated carbocycles. The fourth-order valence-electron chi connectivity index (χ4n) is 2.10. The standard InChI is InChI=1S/C16H21N3O2S.ClH/c1-11(12-3-5-13(21-2)6-4-12)7-8-18-16(20)14-10-22-15(9-17)19-14;/h3-6,10-11H,7-9,17H2,1-2H3,(H,18,20);1H. The summed E-state index contributed by atoms with van der Waals surface area (Å²) in [5, 5.41) is 5.41. The first kappa shape index (κ1) is 19.4. The highest BCUT2D eigenvalue weighted by Gasteiger charge is 2.11. The summed E-state index contributed by atoms with van der Waals surface area (Å²) in [6, 6.07) is 8.01. The minimum atomic E-state index is -0.141. The molecule has 0 saturated heterocycles. The lowest BCUT2D eigenvalue weighted by atomic mass is 9.98. The predicted molar refractivity (Wildman–Crippen MR) is 95.6 cm³/mol. The molecule has 0 fully saturated rings. The van der Waals surface area contributed by atoms with Gasteiger partial charge in [0, 0.05) is 18.5 Å². The number of carbonyl (C=O) groups is 1. The zero-order valence-corrected chi connectivity index (χ0v) is 14.9. The molecule has 1 heterocycles. The van der Waals surface area contributed by atoms with Crippen LogP contribution in [0.2, 0.25) is 0 Å². The van der Waals surface area contributed by atoms with E-state index in [2.05, 4.69) is 29.4 Å². The van der Waals surface area contributed by atoms with E-state index < -0.39 is 0 Å². The number of nitrogens with one attached hydrogen (secondary N) is 1. The number of carbonyl (C=O) groups excluding carboxylic acids is 1. The van der Waals surface area contributed by atoms with E-state index in [9.17, 15) is 4.79 Å². The van der Waals surface area contributed by atoms with Crippen molar-refractivity contribution in [3.8, 4) is 5.75 Å². The Hall–Kier alpha value is -1.63. The van der Waals surface area contributed by atoms with Gasteiger partial charge in [0.15, 0.2) is 0 Å². The van der Waals surface area contributed by atoms with E-state index in [0.717, 1.165) is 17.2 Å². The maximum Gasteiger partial charge on any atom is 0.270 e. The molecule has 0 aliphatic heterocycles. The number of rotatable bonds is 7. The summed E-state index contributed by atoms with van der Waals surface area (Å²) in [6.07, 6.45) is 0.867. The molecule has 7 heteroatoms. The van der Waals surface area contributed by atoms with Crippen molar-refractivity contribution in [1.29, 1.82) is 0 Å². The Morgan fingerprint density at radius 1 is 1.39 bits per heavy atom. The number of nitrogens with two attached hydrogens (primary N) is 1. The number of hydrogen-bond acceptors (Lipinski definition) is 5. The van der Waals surface area contributed by atoms with Gasteiger partial charge >= 0.3 is 0 Å². The first-order valence-corrected chi connectivity index (χ1v) is 8.08. The summed E-state index contributed by atoms with van der Waals surface area (Å²) >= 11 is 1.41. The van der Waals surface area contributed by atoms with E-state index in [4.69, 9.17) is 10.5 Å². The smallest absolute Gasteiger partial charge is 0.270 e. The number of aromatic nitrogens is 1. The SMILES string of the molecule is COc1ccc(C(C)CCNC(=O)c2csc(CN)n2)cc1.Cl. The quantitative estimate of drug-likeness (QED) is 0.800. The van der Waals surface area contributed by atoms with E-state index >= 15 is 0 Å². The molecule has 1 unspecified atom stereocenters. The van der Waals surface area contributed by atoms with E-state index in [0.29, 0.717) is 24.7 Å². The van der Waals surface area contributed by atoms with E-state index in [1.165, 1.54) is 16.9 Å². The lowest BCUT2D eigenvalue weighted by Crippen LogP contribution is -2.25. The lowest BCUT2D eigenvalue weighted by Gasteiger charge is -2.12. The molecule has 2 aromatic rings. The largest absolute Gasteiger partial charge is 0.497 e. The minimum absolute atomic E-state index is 0. The highest BCUT2D eigenvalue weighted by Crippen LogP contribution is 2.21.